The Bertz CT molecular complexity index is 830. The highest BCUT2D eigenvalue weighted by molar-refractivity contribution is 6.39. The molecule has 0 saturated heterocycles. The van der Waals surface area contributed by atoms with Crippen LogP contribution >= 0.6 is 23.2 Å². The maximum absolute atomic E-state index is 11.2. The highest BCUT2D eigenvalue weighted by Crippen LogP contribution is 2.43. The predicted octanol–water partition coefficient (Wildman–Crippen LogP) is 3.59. The zero-order valence-corrected chi connectivity index (χ0v) is 12.1. The molecule has 3 rings (SSSR count). The van der Waals surface area contributed by atoms with Crippen LogP contribution in [0.3, 0.4) is 0 Å². The van der Waals surface area contributed by atoms with E-state index in [-0.39, 0.29) is 11.4 Å². The number of H-pyrrole nitrogens is 1. The maximum Gasteiger partial charge on any atom is 0.247 e. The molecule has 21 heavy (non-hydrogen) atoms. The molecule has 2 heterocycles. The summed E-state index contributed by atoms with van der Waals surface area (Å²) in [7, 11) is 0. The number of aromatic amines is 1. The van der Waals surface area contributed by atoms with E-state index < -0.39 is 0 Å². The van der Waals surface area contributed by atoms with Gasteiger partial charge in [0.15, 0.2) is 11.6 Å². The monoisotopic (exact) mass is 321 g/mol. The summed E-state index contributed by atoms with van der Waals surface area (Å²) >= 11 is 12.4. The van der Waals surface area contributed by atoms with E-state index in [1.54, 1.807) is 24.3 Å². The van der Waals surface area contributed by atoms with E-state index in [4.69, 9.17) is 33.5 Å². The van der Waals surface area contributed by atoms with E-state index in [2.05, 4.69) is 10.1 Å². The van der Waals surface area contributed by atoms with E-state index in [9.17, 15) is 4.79 Å². The van der Waals surface area contributed by atoms with Gasteiger partial charge in [0.1, 0.15) is 0 Å². The van der Waals surface area contributed by atoms with Crippen molar-refractivity contribution in [1.29, 1.82) is 0 Å². The number of halogens is 2. The van der Waals surface area contributed by atoms with Gasteiger partial charge in [0.2, 0.25) is 5.56 Å². The summed E-state index contributed by atoms with van der Waals surface area (Å²) in [5.74, 6) is 0.560. The molecule has 0 aliphatic rings. The molecule has 0 aliphatic carbocycles. The fourth-order valence-electron chi connectivity index (χ4n) is 2.03. The van der Waals surface area contributed by atoms with Gasteiger partial charge in [0.05, 0.1) is 15.6 Å². The number of nitrogens with one attached hydrogen (secondary N) is 1. The van der Waals surface area contributed by atoms with Crippen molar-refractivity contribution in [2.24, 2.45) is 0 Å². The quantitative estimate of drug-likeness (QED) is 0.755. The van der Waals surface area contributed by atoms with Gasteiger partial charge < -0.3 is 15.2 Å². The molecule has 0 amide bonds. The van der Waals surface area contributed by atoms with Crippen LogP contribution in [0.4, 0.5) is 5.82 Å². The minimum atomic E-state index is -0.219. The van der Waals surface area contributed by atoms with Crippen LogP contribution in [0.1, 0.15) is 0 Å². The van der Waals surface area contributed by atoms with Crippen molar-refractivity contribution >= 4 is 29.0 Å². The van der Waals surface area contributed by atoms with E-state index in [1.165, 1.54) is 12.3 Å². The Morgan fingerprint density at radius 1 is 1.10 bits per heavy atom. The summed E-state index contributed by atoms with van der Waals surface area (Å²) in [6.07, 6.45) is 1.51. The lowest BCUT2D eigenvalue weighted by molar-refractivity contribution is 0.436. The number of hydrogen-bond acceptors (Lipinski definition) is 4. The van der Waals surface area contributed by atoms with Crippen LogP contribution in [0.5, 0.6) is 0 Å². The van der Waals surface area contributed by atoms with E-state index in [0.717, 1.165) is 0 Å². The fraction of sp³-hybridized carbons (Fsp3) is 0. The van der Waals surface area contributed by atoms with Gasteiger partial charge in [-0.1, -0.05) is 34.4 Å². The van der Waals surface area contributed by atoms with Crippen LogP contribution in [0.25, 0.3) is 22.5 Å². The number of hydrogen-bond donors (Lipinski definition) is 2. The molecule has 1 aromatic carbocycles. The second-order valence-corrected chi connectivity index (χ2v) is 5.12. The smallest absolute Gasteiger partial charge is 0.247 e. The van der Waals surface area contributed by atoms with Crippen LogP contribution in [-0.4, -0.2) is 10.1 Å². The van der Waals surface area contributed by atoms with Gasteiger partial charge in [-0.05, 0) is 18.2 Å². The Morgan fingerprint density at radius 2 is 1.81 bits per heavy atom. The molecule has 0 radical (unpaired) electrons. The van der Waals surface area contributed by atoms with Gasteiger partial charge in [-0.2, -0.15) is 0 Å². The van der Waals surface area contributed by atoms with Gasteiger partial charge in [-0.25, -0.2) is 0 Å². The summed E-state index contributed by atoms with van der Waals surface area (Å²) in [5.41, 5.74) is 7.32. The molecule has 106 valence electrons. The number of nitrogens with two attached hydrogens (primary N) is 1. The zero-order valence-electron chi connectivity index (χ0n) is 10.6. The third-order valence-electron chi connectivity index (χ3n) is 2.98. The minimum absolute atomic E-state index is 0.172. The van der Waals surface area contributed by atoms with Gasteiger partial charge in [-0.15, -0.1) is 0 Å². The highest BCUT2D eigenvalue weighted by Gasteiger charge is 2.22. The van der Waals surface area contributed by atoms with Gasteiger partial charge in [0.25, 0.3) is 0 Å². The van der Waals surface area contributed by atoms with Crippen LogP contribution in [0.2, 0.25) is 10.0 Å². The molecular formula is C14H9Cl2N3O2. The molecule has 5 nitrogen and oxygen atoms in total. The Morgan fingerprint density at radius 3 is 2.43 bits per heavy atom. The minimum Gasteiger partial charge on any atom is -0.380 e. The van der Waals surface area contributed by atoms with E-state index in [0.29, 0.717) is 32.5 Å². The van der Waals surface area contributed by atoms with Crippen molar-refractivity contribution in [3.63, 3.8) is 0 Å². The summed E-state index contributed by atoms with van der Waals surface area (Å²) in [5, 5.41) is 4.63. The average Bonchev–Trinajstić information content (AvgIpc) is 2.82. The number of anilines is 1. The average molecular weight is 322 g/mol. The summed E-state index contributed by atoms with van der Waals surface area (Å²) < 4.78 is 5.27. The first-order chi connectivity index (χ1) is 10.1. The Labute approximate surface area is 129 Å². The first kappa shape index (κ1) is 13.7. The zero-order chi connectivity index (χ0) is 15.0. The molecule has 3 N–H and O–H groups in total. The number of nitrogens with zero attached hydrogens (tertiary/aromatic N) is 1. The summed E-state index contributed by atoms with van der Waals surface area (Å²) in [6.45, 7) is 0. The largest absolute Gasteiger partial charge is 0.380 e. The van der Waals surface area contributed by atoms with Crippen molar-refractivity contribution in [2.45, 2.75) is 0 Å². The van der Waals surface area contributed by atoms with E-state index in [1.807, 2.05) is 0 Å². The van der Waals surface area contributed by atoms with Crippen molar-refractivity contribution < 1.29 is 4.52 Å². The van der Waals surface area contributed by atoms with Crippen molar-refractivity contribution in [1.82, 2.24) is 10.1 Å². The number of benzene rings is 1. The number of rotatable bonds is 2. The first-order valence-corrected chi connectivity index (χ1v) is 6.72. The molecule has 0 fully saturated rings. The lowest BCUT2D eigenvalue weighted by atomic mass is 10.0. The normalized spacial score (nSPS) is 10.8. The number of aromatic nitrogens is 2. The Balaban J connectivity index is 2.27. The summed E-state index contributed by atoms with van der Waals surface area (Å²) in [4.78, 5) is 13.7. The van der Waals surface area contributed by atoms with Gasteiger partial charge in [0, 0.05) is 23.4 Å². The third kappa shape index (κ3) is 2.41. The third-order valence-corrected chi connectivity index (χ3v) is 3.61. The second-order valence-electron chi connectivity index (χ2n) is 4.31. The van der Waals surface area contributed by atoms with Crippen LogP contribution in [0.15, 0.2) is 45.8 Å². The van der Waals surface area contributed by atoms with Crippen LogP contribution in [-0.2, 0) is 0 Å². The second kappa shape index (κ2) is 5.27. The van der Waals surface area contributed by atoms with Crippen LogP contribution in [0, 0.1) is 0 Å². The van der Waals surface area contributed by atoms with Gasteiger partial charge >= 0.3 is 0 Å². The fourth-order valence-corrected chi connectivity index (χ4v) is 2.62. The highest BCUT2D eigenvalue weighted by atomic mass is 35.5. The molecular weight excluding hydrogens is 313 g/mol. The molecule has 7 heteroatoms. The molecule has 0 aliphatic heterocycles. The SMILES string of the molecule is Nc1noc(-c2ccc(=O)[nH]c2)c1-c1c(Cl)cccc1Cl. The van der Waals surface area contributed by atoms with Crippen molar-refractivity contribution in [2.75, 3.05) is 5.73 Å². The first-order valence-electron chi connectivity index (χ1n) is 5.96. The number of pyridine rings is 1. The lowest BCUT2D eigenvalue weighted by Gasteiger charge is -2.07. The molecule has 0 bridgehead atoms. The van der Waals surface area contributed by atoms with Crippen LogP contribution < -0.4 is 11.3 Å². The van der Waals surface area contributed by atoms with Crippen molar-refractivity contribution in [3.05, 3.63) is 56.9 Å². The molecule has 2 aromatic heterocycles. The molecule has 0 unspecified atom stereocenters. The van der Waals surface area contributed by atoms with Gasteiger partial charge in [-0.3, -0.25) is 4.79 Å². The van der Waals surface area contributed by atoms with E-state index >= 15 is 0 Å². The summed E-state index contributed by atoms with van der Waals surface area (Å²) in [6, 6.07) is 8.12. The topological polar surface area (TPSA) is 84.9 Å². The maximum atomic E-state index is 11.2. The Hall–Kier alpha value is -2.24. The lowest BCUT2D eigenvalue weighted by Crippen LogP contribution is -2.01. The molecule has 3 aromatic rings. The molecule has 0 saturated carbocycles. The molecule has 0 atom stereocenters. The standard InChI is InChI=1S/C14H9Cl2N3O2/c15-8-2-1-3-9(16)11(8)12-13(21-19-14(12)17)7-4-5-10(20)18-6-7/h1-6H,(H2,17,19)(H,18,20). The predicted molar refractivity (Wildman–Crippen MR) is 82.4 cm³/mol. The molecule has 0 spiro atoms. The Kier molecular flexibility index (Phi) is 3.45. The van der Waals surface area contributed by atoms with Crippen molar-refractivity contribution in [3.8, 4) is 22.5 Å². The number of nitrogen functional groups attached to an aromatic ring is 1.